The third-order valence-electron chi connectivity index (χ3n) is 2.29. The van der Waals surface area contributed by atoms with Gasteiger partial charge in [-0.15, -0.1) is 0 Å². The van der Waals surface area contributed by atoms with Crippen LogP contribution in [0.25, 0.3) is 0 Å². The maximum absolute atomic E-state index is 9.49. The molecular formula is C10H18N2O4. The SMILES string of the molecule is COCC(O)Cc1nc(C(C)(C)OC)no1. The Morgan fingerprint density at radius 1 is 1.44 bits per heavy atom. The summed E-state index contributed by atoms with van der Waals surface area (Å²) in [5, 5.41) is 13.3. The summed E-state index contributed by atoms with van der Waals surface area (Å²) in [6, 6.07) is 0. The highest BCUT2D eigenvalue weighted by molar-refractivity contribution is 4.97. The molecule has 1 heterocycles. The number of ether oxygens (including phenoxy) is 2. The molecule has 1 N–H and O–H groups in total. The largest absolute Gasteiger partial charge is 0.390 e. The molecule has 0 bridgehead atoms. The third kappa shape index (κ3) is 3.26. The van der Waals surface area contributed by atoms with Gasteiger partial charge in [0.2, 0.25) is 11.7 Å². The van der Waals surface area contributed by atoms with Crippen molar-refractivity contribution in [1.29, 1.82) is 0 Å². The van der Waals surface area contributed by atoms with Gasteiger partial charge < -0.3 is 19.1 Å². The number of nitrogens with zero attached hydrogens (tertiary/aromatic N) is 2. The minimum Gasteiger partial charge on any atom is -0.390 e. The van der Waals surface area contributed by atoms with Crippen LogP contribution in [0.1, 0.15) is 25.6 Å². The number of hydrogen-bond acceptors (Lipinski definition) is 6. The van der Waals surface area contributed by atoms with Crippen LogP contribution in [-0.4, -0.2) is 42.2 Å². The van der Waals surface area contributed by atoms with Gasteiger partial charge in [-0.05, 0) is 13.8 Å². The molecule has 0 aliphatic rings. The maximum atomic E-state index is 9.49. The second kappa shape index (κ2) is 5.38. The number of aromatic nitrogens is 2. The summed E-state index contributed by atoms with van der Waals surface area (Å²) in [5.41, 5.74) is -0.589. The Bertz CT molecular complexity index is 324. The third-order valence-corrected chi connectivity index (χ3v) is 2.29. The minimum absolute atomic E-state index is 0.241. The molecule has 0 radical (unpaired) electrons. The fraction of sp³-hybridized carbons (Fsp3) is 0.800. The van der Waals surface area contributed by atoms with Crippen molar-refractivity contribution in [2.24, 2.45) is 0 Å². The fourth-order valence-corrected chi connectivity index (χ4v) is 1.13. The van der Waals surface area contributed by atoms with E-state index in [1.54, 1.807) is 7.11 Å². The zero-order valence-corrected chi connectivity index (χ0v) is 10.1. The fourth-order valence-electron chi connectivity index (χ4n) is 1.13. The first-order valence-corrected chi connectivity index (χ1v) is 5.05. The molecule has 6 nitrogen and oxygen atoms in total. The van der Waals surface area contributed by atoms with E-state index in [4.69, 9.17) is 14.0 Å². The second-order valence-electron chi connectivity index (χ2n) is 4.04. The predicted octanol–water partition coefficient (Wildman–Crippen LogP) is 0.501. The summed E-state index contributed by atoms with van der Waals surface area (Å²) in [6.07, 6.45) is -0.357. The molecule has 1 aromatic heterocycles. The van der Waals surface area contributed by atoms with Crippen molar-refractivity contribution in [1.82, 2.24) is 10.1 Å². The number of aliphatic hydroxyl groups is 1. The average Bonchev–Trinajstić information content (AvgIpc) is 2.67. The first kappa shape index (κ1) is 13.1. The van der Waals surface area contributed by atoms with Crippen LogP contribution < -0.4 is 0 Å². The number of rotatable bonds is 6. The van der Waals surface area contributed by atoms with Crippen molar-refractivity contribution in [3.05, 3.63) is 11.7 Å². The first-order chi connectivity index (χ1) is 7.49. The van der Waals surface area contributed by atoms with E-state index in [1.165, 1.54) is 7.11 Å². The highest BCUT2D eigenvalue weighted by Crippen LogP contribution is 2.20. The molecule has 1 aromatic rings. The van der Waals surface area contributed by atoms with Crippen LogP contribution in [0.5, 0.6) is 0 Å². The van der Waals surface area contributed by atoms with Crippen molar-refractivity contribution >= 4 is 0 Å². The summed E-state index contributed by atoms with van der Waals surface area (Å²) in [5.74, 6) is 0.847. The molecule has 0 aliphatic carbocycles. The molecule has 1 rings (SSSR count). The highest BCUT2D eigenvalue weighted by atomic mass is 16.5. The Hall–Kier alpha value is -0.980. The Morgan fingerprint density at radius 2 is 2.12 bits per heavy atom. The first-order valence-electron chi connectivity index (χ1n) is 5.05. The van der Waals surface area contributed by atoms with E-state index >= 15 is 0 Å². The van der Waals surface area contributed by atoms with Crippen LogP contribution in [0.3, 0.4) is 0 Å². The minimum atomic E-state index is -0.635. The summed E-state index contributed by atoms with van der Waals surface area (Å²) in [6.45, 7) is 3.92. The highest BCUT2D eigenvalue weighted by Gasteiger charge is 2.26. The van der Waals surface area contributed by atoms with Gasteiger partial charge in [0.05, 0.1) is 19.1 Å². The molecule has 16 heavy (non-hydrogen) atoms. The van der Waals surface area contributed by atoms with E-state index in [9.17, 15) is 5.11 Å². The quantitative estimate of drug-likeness (QED) is 0.766. The van der Waals surface area contributed by atoms with Crippen molar-refractivity contribution in [2.45, 2.75) is 32.0 Å². The normalized spacial score (nSPS) is 14.1. The van der Waals surface area contributed by atoms with Gasteiger partial charge in [-0.1, -0.05) is 5.16 Å². The molecule has 0 spiro atoms. The van der Waals surface area contributed by atoms with Gasteiger partial charge in [0.15, 0.2) is 0 Å². The van der Waals surface area contributed by atoms with E-state index < -0.39 is 11.7 Å². The van der Waals surface area contributed by atoms with Crippen molar-refractivity contribution in [3.8, 4) is 0 Å². The standard InChI is InChI=1S/C10H18N2O4/c1-10(2,15-4)9-11-8(16-12-9)5-7(13)6-14-3/h7,13H,5-6H2,1-4H3. The van der Waals surface area contributed by atoms with Gasteiger partial charge in [-0.2, -0.15) is 4.98 Å². The summed E-state index contributed by atoms with van der Waals surface area (Å²) >= 11 is 0. The Balaban J connectivity index is 2.65. The molecule has 92 valence electrons. The van der Waals surface area contributed by atoms with Crippen LogP contribution in [0.4, 0.5) is 0 Å². The maximum Gasteiger partial charge on any atom is 0.229 e. The molecule has 1 unspecified atom stereocenters. The molecule has 0 saturated heterocycles. The zero-order valence-electron chi connectivity index (χ0n) is 10.1. The van der Waals surface area contributed by atoms with Crippen molar-refractivity contribution in [2.75, 3.05) is 20.8 Å². The molecule has 0 fully saturated rings. The molecule has 1 atom stereocenters. The van der Waals surface area contributed by atoms with E-state index in [1.807, 2.05) is 13.8 Å². The van der Waals surface area contributed by atoms with E-state index in [0.29, 0.717) is 11.7 Å². The summed E-state index contributed by atoms with van der Waals surface area (Å²) in [7, 11) is 3.10. The Morgan fingerprint density at radius 3 is 2.69 bits per heavy atom. The Labute approximate surface area is 94.6 Å². The van der Waals surface area contributed by atoms with Crippen LogP contribution in [0.15, 0.2) is 4.52 Å². The molecule has 0 aromatic carbocycles. The smallest absolute Gasteiger partial charge is 0.229 e. The van der Waals surface area contributed by atoms with Gasteiger partial charge in [0, 0.05) is 14.2 Å². The van der Waals surface area contributed by atoms with E-state index in [-0.39, 0.29) is 13.0 Å². The molecule has 0 aliphatic heterocycles. The van der Waals surface area contributed by atoms with Crippen LogP contribution in [-0.2, 0) is 21.5 Å². The lowest BCUT2D eigenvalue weighted by Gasteiger charge is -2.17. The van der Waals surface area contributed by atoms with E-state index in [2.05, 4.69) is 10.1 Å². The monoisotopic (exact) mass is 230 g/mol. The molecule has 0 amide bonds. The average molecular weight is 230 g/mol. The van der Waals surface area contributed by atoms with Gasteiger partial charge in [0.25, 0.3) is 0 Å². The molecule has 6 heteroatoms. The van der Waals surface area contributed by atoms with Gasteiger partial charge in [-0.3, -0.25) is 0 Å². The molecular weight excluding hydrogens is 212 g/mol. The number of hydrogen-bond donors (Lipinski definition) is 1. The Kier molecular flexibility index (Phi) is 4.40. The number of aliphatic hydroxyl groups excluding tert-OH is 1. The van der Waals surface area contributed by atoms with Crippen LogP contribution >= 0.6 is 0 Å². The van der Waals surface area contributed by atoms with Gasteiger partial charge in [-0.25, -0.2) is 0 Å². The van der Waals surface area contributed by atoms with Gasteiger partial charge in [0.1, 0.15) is 5.60 Å². The lowest BCUT2D eigenvalue weighted by molar-refractivity contribution is 0.00973. The molecule has 0 saturated carbocycles. The van der Waals surface area contributed by atoms with Crippen molar-refractivity contribution < 1.29 is 19.1 Å². The van der Waals surface area contributed by atoms with Gasteiger partial charge >= 0.3 is 0 Å². The summed E-state index contributed by atoms with van der Waals surface area (Å²) < 4.78 is 15.0. The topological polar surface area (TPSA) is 77.6 Å². The van der Waals surface area contributed by atoms with Crippen LogP contribution in [0, 0.1) is 0 Å². The van der Waals surface area contributed by atoms with E-state index in [0.717, 1.165) is 0 Å². The van der Waals surface area contributed by atoms with Crippen molar-refractivity contribution in [3.63, 3.8) is 0 Å². The number of methoxy groups -OCH3 is 2. The zero-order chi connectivity index (χ0) is 12.2. The summed E-state index contributed by atoms with van der Waals surface area (Å²) in [4.78, 5) is 4.16. The van der Waals surface area contributed by atoms with Crippen LogP contribution in [0.2, 0.25) is 0 Å². The lowest BCUT2D eigenvalue weighted by atomic mass is 10.1. The second-order valence-corrected chi connectivity index (χ2v) is 4.04. The predicted molar refractivity (Wildman–Crippen MR) is 55.9 cm³/mol. The lowest BCUT2D eigenvalue weighted by Crippen LogP contribution is -2.21.